The van der Waals surface area contributed by atoms with Gasteiger partial charge in [-0.25, -0.2) is 8.78 Å². The molecule has 0 saturated carbocycles. The standard InChI is InChI=1S/C16H14BrF2NOS/c17-12-5-6-13(15(19)9-12)16(21)20-7-8-22-10-11-3-1-2-4-14(11)18/h1-6,9H,7-8,10H2,(H,20,21). The largest absolute Gasteiger partial charge is 0.351 e. The summed E-state index contributed by atoms with van der Waals surface area (Å²) in [5, 5.41) is 2.65. The van der Waals surface area contributed by atoms with Crippen molar-refractivity contribution < 1.29 is 13.6 Å². The average molecular weight is 386 g/mol. The molecule has 0 saturated heterocycles. The lowest BCUT2D eigenvalue weighted by atomic mass is 10.2. The van der Waals surface area contributed by atoms with Crippen LogP contribution in [0.5, 0.6) is 0 Å². The van der Waals surface area contributed by atoms with Crippen LogP contribution in [-0.2, 0) is 5.75 Å². The molecule has 0 radical (unpaired) electrons. The van der Waals surface area contributed by atoms with Crippen molar-refractivity contribution in [3.8, 4) is 0 Å². The molecule has 0 aromatic heterocycles. The number of hydrogen-bond acceptors (Lipinski definition) is 2. The highest BCUT2D eigenvalue weighted by Gasteiger charge is 2.11. The SMILES string of the molecule is O=C(NCCSCc1ccccc1F)c1ccc(Br)cc1F. The van der Waals surface area contributed by atoms with E-state index in [1.807, 2.05) is 0 Å². The molecule has 0 unspecified atom stereocenters. The Kier molecular flexibility index (Phi) is 6.39. The molecule has 0 heterocycles. The highest BCUT2D eigenvalue weighted by atomic mass is 79.9. The average Bonchev–Trinajstić information content (AvgIpc) is 2.48. The number of halogens is 3. The third-order valence-corrected chi connectivity index (χ3v) is 4.42. The highest BCUT2D eigenvalue weighted by Crippen LogP contribution is 2.16. The molecule has 2 rings (SSSR count). The van der Waals surface area contributed by atoms with Gasteiger partial charge in [-0.15, -0.1) is 0 Å². The Morgan fingerprint density at radius 2 is 1.91 bits per heavy atom. The van der Waals surface area contributed by atoms with Crippen LogP contribution in [0.4, 0.5) is 8.78 Å². The van der Waals surface area contributed by atoms with Gasteiger partial charge in [-0.2, -0.15) is 11.8 Å². The topological polar surface area (TPSA) is 29.1 Å². The number of hydrogen-bond donors (Lipinski definition) is 1. The molecule has 1 amide bonds. The van der Waals surface area contributed by atoms with Gasteiger partial charge < -0.3 is 5.32 Å². The van der Waals surface area contributed by atoms with Crippen LogP contribution in [0.2, 0.25) is 0 Å². The zero-order valence-corrected chi connectivity index (χ0v) is 14.0. The van der Waals surface area contributed by atoms with E-state index in [4.69, 9.17) is 0 Å². The maximum Gasteiger partial charge on any atom is 0.254 e. The summed E-state index contributed by atoms with van der Waals surface area (Å²) in [6, 6.07) is 10.9. The van der Waals surface area contributed by atoms with E-state index in [1.165, 1.54) is 30.0 Å². The molecule has 0 aliphatic carbocycles. The van der Waals surface area contributed by atoms with E-state index in [1.54, 1.807) is 24.3 Å². The summed E-state index contributed by atoms with van der Waals surface area (Å²) in [4.78, 5) is 11.8. The highest BCUT2D eigenvalue weighted by molar-refractivity contribution is 9.10. The van der Waals surface area contributed by atoms with Crippen molar-refractivity contribution in [3.05, 3.63) is 69.7 Å². The third kappa shape index (κ3) is 4.81. The molecule has 0 bridgehead atoms. The van der Waals surface area contributed by atoms with E-state index in [-0.39, 0.29) is 11.4 Å². The van der Waals surface area contributed by atoms with Crippen LogP contribution in [0.3, 0.4) is 0 Å². The molecule has 1 N–H and O–H groups in total. The lowest BCUT2D eigenvalue weighted by Gasteiger charge is -2.07. The second-order valence-corrected chi connectivity index (χ2v) is 6.54. The molecule has 6 heteroatoms. The number of carbonyl (C=O) groups excluding carboxylic acids is 1. The maximum absolute atomic E-state index is 13.6. The van der Waals surface area contributed by atoms with Crippen LogP contribution in [0.1, 0.15) is 15.9 Å². The summed E-state index contributed by atoms with van der Waals surface area (Å²) < 4.78 is 27.6. The smallest absolute Gasteiger partial charge is 0.254 e. The summed E-state index contributed by atoms with van der Waals surface area (Å²) in [5.74, 6) is -0.0775. The van der Waals surface area contributed by atoms with E-state index >= 15 is 0 Å². The van der Waals surface area contributed by atoms with E-state index in [0.717, 1.165) is 0 Å². The number of rotatable bonds is 6. The fourth-order valence-corrected chi connectivity index (χ4v) is 2.98. The molecule has 0 fully saturated rings. The Morgan fingerprint density at radius 1 is 1.14 bits per heavy atom. The van der Waals surface area contributed by atoms with Crippen molar-refractivity contribution in [2.24, 2.45) is 0 Å². The number of benzene rings is 2. The normalized spacial score (nSPS) is 10.5. The first-order valence-corrected chi connectivity index (χ1v) is 8.57. The van der Waals surface area contributed by atoms with Crippen molar-refractivity contribution in [2.75, 3.05) is 12.3 Å². The first-order chi connectivity index (χ1) is 10.6. The number of nitrogens with one attached hydrogen (secondary N) is 1. The van der Waals surface area contributed by atoms with Gasteiger partial charge in [0.25, 0.3) is 5.91 Å². The van der Waals surface area contributed by atoms with Crippen LogP contribution >= 0.6 is 27.7 Å². The van der Waals surface area contributed by atoms with E-state index < -0.39 is 11.7 Å². The van der Waals surface area contributed by atoms with Gasteiger partial charge in [-0.1, -0.05) is 34.1 Å². The summed E-state index contributed by atoms with van der Waals surface area (Å²) in [5.41, 5.74) is 0.653. The Bertz CT molecular complexity index is 666. The lowest BCUT2D eigenvalue weighted by molar-refractivity contribution is 0.0952. The number of carbonyl (C=O) groups is 1. The Morgan fingerprint density at radius 3 is 2.64 bits per heavy atom. The zero-order valence-electron chi connectivity index (χ0n) is 11.6. The Balaban J connectivity index is 1.75. The molecule has 0 aliphatic rings. The van der Waals surface area contributed by atoms with Crippen molar-refractivity contribution in [2.45, 2.75) is 5.75 Å². The van der Waals surface area contributed by atoms with Gasteiger partial charge in [-0.3, -0.25) is 4.79 Å². The molecular weight excluding hydrogens is 372 g/mol. The summed E-state index contributed by atoms with van der Waals surface area (Å²) >= 11 is 4.65. The van der Waals surface area contributed by atoms with Crippen LogP contribution in [-0.4, -0.2) is 18.2 Å². The molecule has 2 nitrogen and oxygen atoms in total. The molecule has 0 spiro atoms. The van der Waals surface area contributed by atoms with Gasteiger partial charge in [0.05, 0.1) is 5.56 Å². The van der Waals surface area contributed by atoms with Crippen molar-refractivity contribution in [1.82, 2.24) is 5.32 Å². The van der Waals surface area contributed by atoms with Gasteiger partial charge in [0, 0.05) is 22.5 Å². The van der Waals surface area contributed by atoms with Crippen molar-refractivity contribution in [3.63, 3.8) is 0 Å². The van der Waals surface area contributed by atoms with Gasteiger partial charge >= 0.3 is 0 Å². The van der Waals surface area contributed by atoms with Gasteiger partial charge in [-0.05, 0) is 29.8 Å². The quantitative estimate of drug-likeness (QED) is 0.747. The summed E-state index contributed by atoms with van der Waals surface area (Å²) in [6.45, 7) is 0.396. The van der Waals surface area contributed by atoms with Crippen LogP contribution < -0.4 is 5.32 Å². The minimum Gasteiger partial charge on any atom is -0.351 e. The molecular formula is C16H14BrF2NOS. The van der Waals surface area contributed by atoms with Crippen LogP contribution in [0, 0.1) is 11.6 Å². The Hall–Kier alpha value is -1.40. The minimum atomic E-state index is -0.564. The predicted octanol–water partition coefficient (Wildman–Crippen LogP) is 4.39. The predicted molar refractivity (Wildman–Crippen MR) is 89.0 cm³/mol. The molecule has 2 aromatic carbocycles. The fourth-order valence-electron chi connectivity index (χ4n) is 1.80. The fraction of sp³-hybridized carbons (Fsp3) is 0.188. The second-order valence-electron chi connectivity index (χ2n) is 4.52. The zero-order chi connectivity index (χ0) is 15.9. The van der Waals surface area contributed by atoms with Crippen LogP contribution in [0.25, 0.3) is 0 Å². The molecule has 2 aromatic rings. The lowest BCUT2D eigenvalue weighted by Crippen LogP contribution is -2.26. The summed E-state index contributed by atoms with van der Waals surface area (Å²) in [6.07, 6.45) is 0. The van der Waals surface area contributed by atoms with Gasteiger partial charge in [0.2, 0.25) is 0 Å². The Labute approximate surface area is 140 Å². The molecule has 116 valence electrons. The molecule has 22 heavy (non-hydrogen) atoms. The molecule has 0 atom stereocenters. The maximum atomic E-state index is 13.6. The molecule has 0 aliphatic heterocycles. The monoisotopic (exact) mass is 385 g/mol. The first-order valence-electron chi connectivity index (χ1n) is 6.62. The third-order valence-electron chi connectivity index (χ3n) is 2.92. The number of thioether (sulfide) groups is 1. The second kappa shape index (κ2) is 8.29. The number of amides is 1. The van der Waals surface area contributed by atoms with Crippen molar-refractivity contribution in [1.29, 1.82) is 0 Å². The van der Waals surface area contributed by atoms with E-state index in [9.17, 15) is 13.6 Å². The van der Waals surface area contributed by atoms with Gasteiger partial charge in [0.1, 0.15) is 11.6 Å². The van der Waals surface area contributed by atoms with Gasteiger partial charge in [0.15, 0.2) is 0 Å². The first kappa shape index (κ1) is 17.0. The minimum absolute atomic E-state index is 0.0160. The van der Waals surface area contributed by atoms with Crippen molar-refractivity contribution >= 4 is 33.6 Å². The van der Waals surface area contributed by atoms with Crippen LogP contribution in [0.15, 0.2) is 46.9 Å². The van der Waals surface area contributed by atoms with E-state index in [2.05, 4.69) is 21.2 Å². The summed E-state index contributed by atoms with van der Waals surface area (Å²) in [7, 11) is 0. The van der Waals surface area contributed by atoms with E-state index in [0.29, 0.717) is 28.1 Å².